The zero-order chi connectivity index (χ0) is 30.4. The number of imidazole rings is 1. The maximum Gasteiger partial charge on any atom is 0.225 e. The number of nitrogens with two attached hydrogens (primary N) is 2. The Morgan fingerprint density at radius 2 is 1.69 bits per heavy atom. The molecule has 9 nitrogen and oxygen atoms in total. The summed E-state index contributed by atoms with van der Waals surface area (Å²) in [7, 11) is 3.67. The zero-order valence-electron chi connectivity index (χ0n) is 25.7. The molecule has 1 amide bonds. The van der Waals surface area contributed by atoms with Gasteiger partial charge in [0.1, 0.15) is 11.3 Å². The Morgan fingerprint density at radius 1 is 0.933 bits per heavy atom. The Balaban J connectivity index is 0.00000357. The van der Waals surface area contributed by atoms with E-state index in [-0.39, 0.29) is 29.8 Å². The topological polar surface area (TPSA) is 119 Å². The summed E-state index contributed by atoms with van der Waals surface area (Å²) in [4.78, 5) is 31.1. The van der Waals surface area contributed by atoms with Gasteiger partial charge in [0.25, 0.3) is 0 Å². The quantitative estimate of drug-likeness (QED) is 0.246. The van der Waals surface area contributed by atoms with Crippen LogP contribution in [0.25, 0.3) is 39.5 Å². The van der Waals surface area contributed by atoms with Crippen molar-refractivity contribution in [2.24, 2.45) is 11.7 Å². The molecule has 0 bridgehead atoms. The Labute approximate surface area is 269 Å². The molecule has 1 aliphatic heterocycles. The molecule has 4 heterocycles. The molecule has 0 unspecified atom stereocenters. The second kappa shape index (κ2) is 12.1. The van der Waals surface area contributed by atoms with Gasteiger partial charge < -0.3 is 21.3 Å². The maximum absolute atomic E-state index is 12.5. The fraction of sp³-hybridized carbons (Fsp3) is 0.314. The van der Waals surface area contributed by atoms with Crippen LogP contribution in [0.5, 0.6) is 0 Å². The lowest BCUT2D eigenvalue weighted by molar-refractivity contribution is -0.133. The first-order valence-corrected chi connectivity index (χ1v) is 15.4. The van der Waals surface area contributed by atoms with Gasteiger partial charge in [-0.25, -0.2) is 15.0 Å². The summed E-state index contributed by atoms with van der Waals surface area (Å²) in [5.74, 6) is 1.42. The average Bonchev–Trinajstić information content (AvgIpc) is 3.42. The van der Waals surface area contributed by atoms with Crippen LogP contribution in [0, 0.1) is 5.92 Å². The molecule has 4 N–H and O–H groups in total. The predicted molar refractivity (Wildman–Crippen MR) is 183 cm³/mol. The number of hydrogen-bond donors (Lipinski definition) is 2. The van der Waals surface area contributed by atoms with Crippen LogP contribution in [0.15, 0.2) is 79.0 Å². The molecule has 232 valence electrons. The van der Waals surface area contributed by atoms with Crippen LogP contribution in [0.2, 0.25) is 0 Å². The van der Waals surface area contributed by atoms with Gasteiger partial charge in [-0.1, -0.05) is 24.3 Å². The van der Waals surface area contributed by atoms with E-state index in [1.54, 1.807) is 11.1 Å². The van der Waals surface area contributed by atoms with E-state index in [0.717, 1.165) is 90.1 Å². The van der Waals surface area contributed by atoms with Crippen molar-refractivity contribution in [2.75, 3.05) is 37.8 Å². The van der Waals surface area contributed by atoms with Crippen LogP contribution in [0.3, 0.4) is 0 Å². The van der Waals surface area contributed by atoms with Gasteiger partial charge in [-0.05, 0) is 86.2 Å². The smallest absolute Gasteiger partial charge is 0.225 e. The number of hydrogen-bond acceptors (Lipinski definition) is 7. The van der Waals surface area contributed by atoms with Crippen molar-refractivity contribution in [3.63, 3.8) is 0 Å². The number of carbonyl (C=O) groups excluding carboxylic acids is 1. The molecule has 2 aliphatic rings. The number of carbonyl (C=O) groups is 1. The molecule has 0 radical (unpaired) electrons. The van der Waals surface area contributed by atoms with Gasteiger partial charge >= 0.3 is 0 Å². The Bertz CT molecular complexity index is 1840. The summed E-state index contributed by atoms with van der Waals surface area (Å²) in [6.45, 7) is 1.70. The van der Waals surface area contributed by atoms with Crippen molar-refractivity contribution >= 4 is 41.0 Å². The van der Waals surface area contributed by atoms with Crippen molar-refractivity contribution in [3.05, 3.63) is 84.6 Å². The van der Waals surface area contributed by atoms with Gasteiger partial charge in [0, 0.05) is 61.8 Å². The molecule has 2 fully saturated rings. The summed E-state index contributed by atoms with van der Waals surface area (Å²) in [6.07, 6.45) is 6.58. The van der Waals surface area contributed by atoms with Crippen molar-refractivity contribution in [2.45, 2.75) is 37.6 Å². The van der Waals surface area contributed by atoms with E-state index in [4.69, 9.17) is 21.4 Å². The lowest BCUT2D eigenvalue weighted by Gasteiger charge is -2.38. The Hall–Kier alpha value is -4.47. The lowest BCUT2D eigenvalue weighted by atomic mass is 9.73. The van der Waals surface area contributed by atoms with Gasteiger partial charge in [0.05, 0.1) is 11.3 Å². The van der Waals surface area contributed by atoms with Gasteiger partial charge in [0.15, 0.2) is 11.5 Å². The minimum atomic E-state index is -0.236. The Morgan fingerprint density at radius 3 is 2.36 bits per heavy atom. The van der Waals surface area contributed by atoms with Crippen LogP contribution < -0.4 is 16.4 Å². The molecular weight excluding hydrogens is 584 g/mol. The highest BCUT2D eigenvalue weighted by atomic mass is 35.5. The van der Waals surface area contributed by atoms with E-state index in [1.807, 2.05) is 38.4 Å². The number of rotatable bonds is 6. The van der Waals surface area contributed by atoms with Crippen molar-refractivity contribution in [1.82, 2.24) is 24.4 Å². The van der Waals surface area contributed by atoms with Crippen LogP contribution in [-0.4, -0.2) is 57.5 Å². The fourth-order valence-corrected chi connectivity index (χ4v) is 6.55. The SMILES string of the molecule is CN(C)C(=O)C1CCN(c2cccc(-c3ccc4nc(-c5cccnc5N)n(-c5ccc(C6(N)CCC6)cc5)c4n3)c2)CC1.Cl. The highest BCUT2D eigenvalue weighted by Crippen LogP contribution is 2.39. The van der Waals surface area contributed by atoms with Gasteiger partial charge in [-0.3, -0.25) is 9.36 Å². The number of piperidine rings is 1. The number of aromatic nitrogens is 4. The van der Waals surface area contributed by atoms with Gasteiger partial charge in [-0.15, -0.1) is 12.4 Å². The van der Waals surface area contributed by atoms with Crippen molar-refractivity contribution in [3.8, 4) is 28.3 Å². The van der Waals surface area contributed by atoms with Crippen LogP contribution in [-0.2, 0) is 10.3 Å². The summed E-state index contributed by atoms with van der Waals surface area (Å²) in [5.41, 5.74) is 20.1. The van der Waals surface area contributed by atoms with Crippen molar-refractivity contribution < 1.29 is 4.79 Å². The number of anilines is 2. The molecule has 1 saturated heterocycles. The third-order valence-corrected chi connectivity index (χ3v) is 9.32. The molecule has 10 heteroatoms. The van der Waals surface area contributed by atoms with Gasteiger partial charge in [0.2, 0.25) is 5.91 Å². The van der Waals surface area contributed by atoms with E-state index in [1.165, 1.54) is 0 Å². The number of amides is 1. The molecular formula is C35H39ClN8O. The van der Waals surface area contributed by atoms with E-state index >= 15 is 0 Å². The molecule has 2 aromatic carbocycles. The normalized spacial score (nSPS) is 16.2. The number of halogens is 1. The first kappa shape index (κ1) is 30.6. The second-order valence-electron chi connectivity index (χ2n) is 12.3. The highest BCUT2D eigenvalue weighted by Gasteiger charge is 2.34. The van der Waals surface area contributed by atoms with E-state index < -0.39 is 0 Å². The van der Waals surface area contributed by atoms with Crippen LogP contribution in [0.1, 0.15) is 37.7 Å². The Kier molecular flexibility index (Phi) is 8.24. The number of fused-ring (bicyclic) bond motifs is 1. The predicted octanol–water partition coefficient (Wildman–Crippen LogP) is 5.80. The monoisotopic (exact) mass is 622 g/mol. The van der Waals surface area contributed by atoms with Gasteiger partial charge in [-0.2, -0.15) is 0 Å². The minimum Gasteiger partial charge on any atom is -0.383 e. The first-order valence-electron chi connectivity index (χ1n) is 15.4. The summed E-state index contributed by atoms with van der Waals surface area (Å²) in [5, 5.41) is 0. The largest absolute Gasteiger partial charge is 0.383 e. The molecule has 45 heavy (non-hydrogen) atoms. The van der Waals surface area contributed by atoms with Crippen LogP contribution >= 0.6 is 12.4 Å². The highest BCUT2D eigenvalue weighted by molar-refractivity contribution is 5.86. The van der Waals surface area contributed by atoms with Crippen LogP contribution in [0.4, 0.5) is 11.5 Å². The molecule has 1 saturated carbocycles. The molecule has 5 aromatic rings. The summed E-state index contributed by atoms with van der Waals surface area (Å²) < 4.78 is 2.07. The lowest BCUT2D eigenvalue weighted by Crippen LogP contribution is -2.43. The molecule has 3 aromatic heterocycles. The molecule has 0 atom stereocenters. The number of nitrogens with zero attached hydrogens (tertiary/aromatic N) is 6. The number of benzene rings is 2. The first-order chi connectivity index (χ1) is 21.3. The van der Waals surface area contributed by atoms with E-state index in [9.17, 15) is 4.79 Å². The molecule has 1 aliphatic carbocycles. The summed E-state index contributed by atoms with van der Waals surface area (Å²) >= 11 is 0. The summed E-state index contributed by atoms with van der Waals surface area (Å²) in [6, 6.07) is 24.8. The van der Waals surface area contributed by atoms with E-state index in [0.29, 0.717) is 11.6 Å². The molecule has 0 spiro atoms. The maximum atomic E-state index is 12.5. The minimum absolute atomic E-state index is 0. The number of pyridine rings is 2. The third-order valence-electron chi connectivity index (χ3n) is 9.32. The average molecular weight is 623 g/mol. The number of nitrogen functional groups attached to an aromatic ring is 1. The standard InChI is InChI=1S/C35H38N8O.ClH/c1-41(2)34(44)23-15-20-42(21-16-23)27-7-3-6-24(22-27)29-13-14-30-33(39-29)43(32(40-30)28-8-4-19-38-31(28)36)26-11-9-25(10-12-26)35(37)17-5-18-35;/h3-4,6-14,19,22-23H,5,15-18,20-21,37H2,1-2H3,(H2,36,38);1H. The zero-order valence-corrected chi connectivity index (χ0v) is 26.5. The molecule has 7 rings (SSSR count). The third kappa shape index (κ3) is 5.62. The van der Waals surface area contributed by atoms with E-state index in [2.05, 4.69) is 63.0 Å². The fourth-order valence-electron chi connectivity index (χ4n) is 6.55. The second-order valence-corrected chi connectivity index (χ2v) is 12.3. The van der Waals surface area contributed by atoms with Crippen molar-refractivity contribution in [1.29, 1.82) is 0 Å².